The van der Waals surface area contributed by atoms with Crippen molar-refractivity contribution in [2.45, 2.75) is 86.5 Å². The summed E-state index contributed by atoms with van der Waals surface area (Å²) in [4.78, 5) is 43.4. The molecule has 2 aromatic rings. The Bertz CT molecular complexity index is 1510. The Hall–Kier alpha value is -3.38. The van der Waals surface area contributed by atoms with Crippen molar-refractivity contribution in [3.8, 4) is 5.75 Å². The molecule has 0 bridgehead atoms. The Morgan fingerprint density at radius 1 is 0.953 bits per heavy atom. The van der Waals surface area contributed by atoms with E-state index in [-0.39, 0.29) is 34.9 Å². The minimum Gasteiger partial charge on any atom is -0.483 e. The molecular formula is C36H43ClN2O4. The van der Waals surface area contributed by atoms with Crippen molar-refractivity contribution < 1.29 is 19.1 Å². The molecule has 2 aliphatic carbocycles. The van der Waals surface area contributed by atoms with Crippen LogP contribution in [0.15, 0.2) is 58.9 Å². The summed E-state index contributed by atoms with van der Waals surface area (Å²) in [5.74, 6) is -0.331. The maximum atomic E-state index is 14.1. The maximum Gasteiger partial charge on any atom is 0.262 e. The molecule has 0 saturated heterocycles. The third-order valence-electron chi connectivity index (χ3n) is 8.99. The molecule has 1 N–H and O–H groups in total. The van der Waals surface area contributed by atoms with E-state index in [0.717, 1.165) is 54.0 Å². The molecule has 0 radical (unpaired) electrons. The van der Waals surface area contributed by atoms with Gasteiger partial charge in [0.2, 0.25) is 0 Å². The highest BCUT2D eigenvalue weighted by Crippen LogP contribution is 2.55. The van der Waals surface area contributed by atoms with E-state index in [1.54, 1.807) is 18.2 Å². The average Bonchev–Trinajstić information content (AvgIpc) is 2.90. The van der Waals surface area contributed by atoms with Crippen molar-refractivity contribution in [1.82, 2.24) is 4.90 Å². The van der Waals surface area contributed by atoms with Crippen molar-refractivity contribution in [1.29, 1.82) is 0 Å². The van der Waals surface area contributed by atoms with E-state index in [9.17, 15) is 14.4 Å². The molecular weight excluding hydrogens is 560 g/mol. The number of rotatable bonds is 7. The van der Waals surface area contributed by atoms with Gasteiger partial charge < -0.3 is 15.0 Å². The van der Waals surface area contributed by atoms with Gasteiger partial charge in [0.15, 0.2) is 18.2 Å². The number of carbonyl (C=O) groups is 3. The number of benzene rings is 2. The van der Waals surface area contributed by atoms with Crippen molar-refractivity contribution >= 4 is 34.8 Å². The lowest BCUT2D eigenvalue weighted by atomic mass is 9.63. The number of hydrogen-bond acceptors (Lipinski definition) is 5. The highest BCUT2D eigenvalue weighted by Gasteiger charge is 2.49. The summed E-state index contributed by atoms with van der Waals surface area (Å²) in [6, 6.07) is 11.0. The minimum atomic E-state index is -0.596. The fraction of sp³-hybridized carbons (Fsp3) is 0.472. The van der Waals surface area contributed by atoms with Gasteiger partial charge in [-0.3, -0.25) is 14.4 Å². The number of nitrogens with one attached hydrogen (secondary N) is 1. The molecule has 0 atom stereocenters. The van der Waals surface area contributed by atoms with Crippen LogP contribution in [0.25, 0.3) is 0 Å². The zero-order valence-electron chi connectivity index (χ0n) is 26.4. The second kappa shape index (κ2) is 11.6. The van der Waals surface area contributed by atoms with Crippen LogP contribution in [0.5, 0.6) is 5.75 Å². The number of hydrogen-bond donors (Lipinski definition) is 1. The van der Waals surface area contributed by atoms with Gasteiger partial charge in [0, 0.05) is 64.1 Å². The molecule has 7 heteroatoms. The summed E-state index contributed by atoms with van der Waals surface area (Å²) < 4.78 is 6.18. The van der Waals surface area contributed by atoms with Crippen molar-refractivity contribution in [2.24, 2.45) is 10.8 Å². The zero-order valence-corrected chi connectivity index (χ0v) is 27.2. The Balaban J connectivity index is 1.60. The van der Waals surface area contributed by atoms with Crippen LogP contribution in [-0.2, 0) is 14.4 Å². The molecule has 6 nitrogen and oxygen atoms in total. The summed E-state index contributed by atoms with van der Waals surface area (Å²) in [7, 11) is 0. The van der Waals surface area contributed by atoms with Crippen LogP contribution in [0.4, 0.5) is 5.69 Å². The number of halogens is 1. The zero-order chi connectivity index (χ0) is 31.3. The number of aryl methyl sites for hydroxylation is 1. The SMILES string of the molecule is CCCN1C2=C(C(=O)CC(C)(C)C2)C(c2cc(Cl)ccc2OCC(=O)Nc2cccc(C)c2C)C2=C1CC(C)(C)CC2=O. The van der Waals surface area contributed by atoms with Crippen LogP contribution in [0, 0.1) is 24.7 Å². The first-order valence-electron chi connectivity index (χ1n) is 15.3. The first-order valence-corrected chi connectivity index (χ1v) is 15.7. The first kappa shape index (κ1) is 31.1. The molecule has 0 fully saturated rings. The van der Waals surface area contributed by atoms with E-state index in [2.05, 4.69) is 44.8 Å². The summed E-state index contributed by atoms with van der Waals surface area (Å²) in [5.41, 5.74) is 6.45. The summed E-state index contributed by atoms with van der Waals surface area (Å²) in [5, 5.41) is 3.43. The molecule has 3 aliphatic rings. The van der Waals surface area contributed by atoms with Gasteiger partial charge >= 0.3 is 0 Å². The largest absolute Gasteiger partial charge is 0.483 e. The molecule has 0 aromatic heterocycles. The molecule has 2 aromatic carbocycles. The van der Waals surface area contributed by atoms with Crippen LogP contribution >= 0.6 is 11.6 Å². The van der Waals surface area contributed by atoms with Gasteiger partial charge in [-0.25, -0.2) is 0 Å². The molecule has 1 heterocycles. The standard InChI is InChI=1S/C36H43ClN2O4/c1-8-14-39-26-16-35(4,5)18-28(40)33(26)32(34-27(39)17-36(6,7)19-29(34)41)24-15-23(37)12-13-30(24)43-20-31(42)38-25-11-9-10-21(2)22(25)3/h9-13,15,32H,8,14,16-20H2,1-7H3,(H,38,42). The molecule has 0 unspecified atom stereocenters. The molecule has 0 spiro atoms. The Labute approximate surface area is 260 Å². The van der Waals surface area contributed by atoms with Crippen molar-refractivity contribution in [2.75, 3.05) is 18.5 Å². The molecule has 228 valence electrons. The number of anilines is 1. The lowest BCUT2D eigenvalue weighted by Crippen LogP contribution is -2.44. The number of Topliss-reactive ketones (excluding diaryl/α,β-unsaturated/α-hetero) is 2. The number of ketones is 2. The Kier molecular flexibility index (Phi) is 8.38. The molecule has 43 heavy (non-hydrogen) atoms. The highest BCUT2D eigenvalue weighted by atomic mass is 35.5. The van der Waals surface area contributed by atoms with E-state index in [1.807, 2.05) is 32.0 Å². The third-order valence-corrected chi connectivity index (χ3v) is 9.22. The lowest BCUT2D eigenvalue weighted by Gasteiger charge is -2.49. The Morgan fingerprint density at radius 3 is 2.14 bits per heavy atom. The van der Waals surface area contributed by atoms with Gasteiger partial charge in [-0.2, -0.15) is 0 Å². The second-order valence-electron chi connectivity index (χ2n) is 14.0. The van der Waals surface area contributed by atoms with Gasteiger partial charge in [-0.1, -0.05) is 58.4 Å². The lowest BCUT2D eigenvalue weighted by molar-refractivity contribution is -0.120. The van der Waals surface area contributed by atoms with E-state index in [0.29, 0.717) is 40.3 Å². The highest BCUT2D eigenvalue weighted by molar-refractivity contribution is 6.30. The normalized spacial score (nSPS) is 19.8. The number of nitrogens with zero attached hydrogens (tertiary/aromatic N) is 1. The van der Waals surface area contributed by atoms with E-state index in [1.165, 1.54) is 0 Å². The summed E-state index contributed by atoms with van der Waals surface area (Å²) in [6.07, 6.45) is 3.18. The van der Waals surface area contributed by atoms with Gasteiger partial charge in [0.05, 0.1) is 0 Å². The van der Waals surface area contributed by atoms with Gasteiger partial charge in [-0.15, -0.1) is 0 Å². The van der Waals surface area contributed by atoms with Crippen LogP contribution in [0.3, 0.4) is 0 Å². The maximum absolute atomic E-state index is 14.1. The molecule has 0 saturated carbocycles. The molecule has 1 aliphatic heterocycles. The van der Waals surface area contributed by atoms with Crippen LogP contribution < -0.4 is 10.1 Å². The smallest absolute Gasteiger partial charge is 0.262 e. The van der Waals surface area contributed by atoms with E-state index >= 15 is 0 Å². The fourth-order valence-corrected chi connectivity index (χ4v) is 7.13. The Morgan fingerprint density at radius 2 is 1.56 bits per heavy atom. The summed E-state index contributed by atoms with van der Waals surface area (Å²) in [6.45, 7) is 15.2. The first-order chi connectivity index (χ1) is 20.2. The quantitative estimate of drug-likeness (QED) is 0.347. The van der Waals surface area contributed by atoms with Crippen LogP contribution in [-0.4, -0.2) is 35.5 Å². The van der Waals surface area contributed by atoms with Gasteiger partial charge in [0.1, 0.15) is 5.75 Å². The van der Waals surface area contributed by atoms with Gasteiger partial charge in [0.25, 0.3) is 5.91 Å². The van der Waals surface area contributed by atoms with E-state index < -0.39 is 5.92 Å². The summed E-state index contributed by atoms with van der Waals surface area (Å²) >= 11 is 6.58. The van der Waals surface area contributed by atoms with Crippen molar-refractivity contribution in [3.63, 3.8) is 0 Å². The second-order valence-corrected chi connectivity index (χ2v) is 14.4. The topological polar surface area (TPSA) is 75.7 Å². The third kappa shape index (κ3) is 6.17. The van der Waals surface area contributed by atoms with Crippen LogP contribution in [0.1, 0.15) is 89.3 Å². The molecule has 5 rings (SSSR count). The number of amides is 1. The fourth-order valence-electron chi connectivity index (χ4n) is 6.94. The monoisotopic (exact) mass is 602 g/mol. The van der Waals surface area contributed by atoms with Crippen molar-refractivity contribution in [3.05, 3.63) is 80.7 Å². The number of carbonyl (C=O) groups excluding carboxylic acids is 3. The van der Waals surface area contributed by atoms with E-state index in [4.69, 9.17) is 16.3 Å². The number of allylic oxidation sites excluding steroid dienone is 4. The number of ether oxygens (including phenoxy) is 1. The van der Waals surface area contributed by atoms with Gasteiger partial charge in [-0.05, 0) is 79.3 Å². The van der Waals surface area contributed by atoms with Crippen LogP contribution in [0.2, 0.25) is 5.02 Å². The minimum absolute atomic E-state index is 0.0557. The predicted octanol–water partition coefficient (Wildman–Crippen LogP) is 8.07. The molecule has 1 amide bonds. The predicted molar refractivity (Wildman–Crippen MR) is 171 cm³/mol. The average molecular weight is 603 g/mol.